The van der Waals surface area contributed by atoms with Crippen LogP contribution in [0.4, 0.5) is 4.39 Å². The first-order chi connectivity index (χ1) is 9.58. The number of phenolic OH excluding ortho intramolecular Hbond substituents is 1. The molecule has 1 aromatic carbocycles. The van der Waals surface area contributed by atoms with Gasteiger partial charge in [-0.15, -0.1) is 9.24 Å². The van der Waals surface area contributed by atoms with E-state index >= 15 is 0 Å². The fourth-order valence-electron chi connectivity index (χ4n) is 2.29. The Balaban J connectivity index is 2.43. The smallest absolute Gasteiger partial charge is 0.126 e. The van der Waals surface area contributed by atoms with Gasteiger partial charge < -0.3 is 9.84 Å². The summed E-state index contributed by atoms with van der Waals surface area (Å²) in [6.45, 7) is 3.01. The summed E-state index contributed by atoms with van der Waals surface area (Å²) in [5.74, 6) is 0.561. The molecule has 0 saturated carbocycles. The molecule has 0 aliphatic carbocycles. The Labute approximate surface area is 123 Å². The van der Waals surface area contributed by atoms with E-state index in [0.29, 0.717) is 29.6 Å². The van der Waals surface area contributed by atoms with Crippen molar-refractivity contribution in [3.63, 3.8) is 0 Å². The molecule has 114 valence electrons. The molecule has 0 saturated heterocycles. The fourth-order valence-corrected chi connectivity index (χ4v) is 2.61. The summed E-state index contributed by atoms with van der Waals surface area (Å²) >= 11 is 0. The molecule has 0 aromatic heterocycles. The van der Waals surface area contributed by atoms with Crippen molar-refractivity contribution >= 4 is 9.24 Å². The molecule has 20 heavy (non-hydrogen) atoms. The first-order valence-corrected chi connectivity index (χ1v) is 8.09. The second-order valence-corrected chi connectivity index (χ2v) is 5.82. The number of methoxy groups -OCH3 is 1. The number of benzene rings is 1. The average molecular weight is 300 g/mol. The van der Waals surface area contributed by atoms with E-state index in [9.17, 15) is 9.50 Å². The molecule has 0 bridgehead atoms. The van der Waals surface area contributed by atoms with Crippen molar-refractivity contribution in [3.8, 4) is 5.75 Å². The summed E-state index contributed by atoms with van der Waals surface area (Å²) in [6.07, 6.45) is 5.57. The van der Waals surface area contributed by atoms with Gasteiger partial charge in [-0.3, -0.25) is 0 Å². The summed E-state index contributed by atoms with van der Waals surface area (Å²) in [7, 11) is 4.22. The minimum absolute atomic E-state index is 0.198. The van der Waals surface area contributed by atoms with E-state index in [1.54, 1.807) is 13.2 Å². The molecule has 0 aliphatic rings. The van der Waals surface area contributed by atoms with Crippen LogP contribution in [0.5, 0.6) is 5.75 Å². The molecule has 2 nitrogen and oxygen atoms in total. The van der Waals surface area contributed by atoms with Crippen molar-refractivity contribution in [2.45, 2.75) is 45.2 Å². The summed E-state index contributed by atoms with van der Waals surface area (Å²) in [5.41, 5.74) is 1.26. The predicted octanol–water partition coefficient (Wildman–Crippen LogP) is 4.29. The Kier molecular flexibility index (Phi) is 8.09. The predicted molar refractivity (Wildman–Crippen MR) is 84.7 cm³/mol. The molecule has 0 aliphatic heterocycles. The molecular formula is C16H26FO2P. The molecule has 2 atom stereocenters. The van der Waals surface area contributed by atoms with Gasteiger partial charge >= 0.3 is 0 Å². The lowest BCUT2D eigenvalue weighted by molar-refractivity contribution is 0.190. The molecule has 0 spiro atoms. The van der Waals surface area contributed by atoms with Gasteiger partial charge in [0.25, 0.3) is 0 Å². The van der Waals surface area contributed by atoms with Gasteiger partial charge in [-0.2, -0.15) is 0 Å². The van der Waals surface area contributed by atoms with Crippen LogP contribution in [-0.2, 0) is 17.3 Å². The molecule has 1 rings (SSSR count). The van der Waals surface area contributed by atoms with Crippen LogP contribution >= 0.6 is 9.24 Å². The Morgan fingerprint density at radius 2 is 2.00 bits per heavy atom. The zero-order valence-electron chi connectivity index (χ0n) is 12.5. The van der Waals surface area contributed by atoms with E-state index in [1.165, 1.54) is 6.07 Å². The Morgan fingerprint density at radius 1 is 1.25 bits per heavy atom. The lowest BCUT2D eigenvalue weighted by Crippen LogP contribution is -2.01. The van der Waals surface area contributed by atoms with Crippen molar-refractivity contribution < 1.29 is 14.2 Å². The molecule has 4 heteroatoms. The van der Waals surface area contributed by atoms with Crippen molar-refractivity contribution in [2.75, 3.05) is 13.7 Å². The van der Waals surface area contributed by atoms with Crippen LogP contribution in [0.15, 0.2) is 12.1 Å². The van der Waals surface area contributed by atoms with Gasteiger partial charge in [0.1, 0.15) is 11.6 Å². The molecule has 0 fully saturated rings. The zero-order chi connectivity index (χ0) is 15.0. The van der Waals surface area contributed by atoms with Crippen molar-refractivity contribution in [1.29, 1.82) is 0 Å². The third-order valence-corrected chi connectivity index (χ3v) is 4.11. The van der Waals surface area contributed by atoms with Crippen LogP contribution in [0.25, 0.3) is 0 Å². The number of unbranched alkanes of at least 4 members (excludes halogenated alkanes) is 1. The minimum atomic E-state index is -0.202. The van der Waals surface area contributed by atoms with Crippen LogP contribution in [0.2, 0.25) is 0 Å². The third-order valence-electron chi connectivity index (χ3n) is 3.67. The van der Waals surface area contributed by atoms with Crippen molar-refractivity contribution in [3.05, 3.63) is 29.1 Å². The zero-order valence-corrected chi connectivity index (χ0v) is 13.6. The number of phenols is 1. The van der Waals surface area contributed by atoms with Gasteiger partial charge in [0.2, 0.25) is 0 Å². The lowest BCUT2D eigenvalue weighted by atomic mass is 9.95. The Hall–Kier alpha value is -0.660. The van der Waals surface area contributed by atoms with Gasteiger partial charge in [-0.25, -0.2) is 4.39 Å². The SMILES string of the molecule is COCCCCC(C)CCc1cc(O)c(CP)cc1F. The highest BCUT2D eigenvalue weighted by molar-refractivity contribution is 7.15. The maximum atomic E-state index is 13.9. The molecule has 0 heterocycles. The van der Waals surface area contributed by atoms with E-state index in [0.717, 1.165) is 32.3 Å². The number of ether oxygens (including phenoxy) is 1. The third kappa shape index (κ3) is 5.76. The van der Waals surface area contributed by atoms with Gasteiger partial charge in [0.15, 0.2) is 0 Å². The highest BCUT2D eigenvalue weighted by Gasteiger charge is 2.10. The Morgan fingerprint density at radius 3 is 2.65 bits per heavy atom. The monoisotopic (exact) mass is 300 g/mol. The molecule has 0 radical (unpaired) electrons. The largest absolute Gasteiger partial charge is 0.508 e. The first kappa shape index (κ1) is 17.4. The molecule has 1 N–H and O–H groups in total. The van der Waals surface area contributed by atoms with E-state index < -0.39 is 0 Å². The quantitative estimate of drug-likeness (QED) is 0.544. The standard InChI is InChI=1S/C16H26FO2P/c1-12(5-3-4-8-19-2)6-7-13-10-16(18)14(11-20)9-15(13)17/h9-10,12,18H,3-8,11,20H2,1-2H3. The number of hydrogen-bond acceptors (Lipinski definition) is 2. The maximum Gasteiger partial charge on any atom is 0.126 e. The van der Waals surface area contributed by atoms with Gasteiger partial charge in [-0.05, 0) is 49.0 Å². The number of aromatic hydroxyl groups is 1. The van der Waals surface area contributed by atoms with E-state index in [2.05, 4.69) is 16.2 Å². The summed E-state index contributed by atoms with van der Waals surface area (Å²) in [6, 6.07) is 3.02. The summed E-state index contributed by atoms with van der Waals surface area (Å²) in [5, 5.41) is 9.79. The van der Waals surface area contributed by atoms with E-state index in [-0.39, 0.29) is 11.6 Å². The van der Waals surface area contributed by atoms with Gasteiger partial charge in [0, 0.05) is 19.3 Å². The fraction of sp³-hybridized carbons (Fsp3) is 0.625. The minimum Gasteiger partial charge on any atom is -0.508 e. The topological polar surface area (TPSA) is 29.5 Å². The lowest BCUT2D eigenvalue weighted by Gasteiger charge is -2.12. The van der Waals surface area contributed by atoms with Crippen molar-refractivity contribution in [2.24, 2.45) is 5.92 Å². The normalized spacial score (nSPS) is 12.6. The maximum absolute atomic E-state index is 13.9. The van der Waals surface area contributed by atoms with Crippen LogP contribution in [0.1, 0.15) is 43.7 Å². The molecule has 2 unspecified atom stereocenters. The summed E-state index contributed by atoms with van der Waals surface area (Å²) < 4.78 is 18.9. The second kappa shape index (κ2) is 9.31. The average Bonchev–Trinajstić information content (AvgIpc) is 2.44. The Bertz CT molecular complexity index is 410. The van der Waals surface area contributed by atoms with Gasteiger partial charge in [-0.1, -0.05) is 19.8 Å². The highest BCUT2D eigenvalue weighted by atomic mass is 31.0. The molecule has 0 amide bonds. The first-order valence-electron chi connectivity index (χ1n) is 7.27. The number of hydrogen-bond donors (Lipinski definition) is 1. The van der Waals surface area contributed by atoms with Crippen LogP contribution in [-0.4, -0.2) is 18.8 Å². The molecule has 1 aromatic rings. The number of halogens is 1. The van der Waals surface area contributed by atoms with Crippen LogP contribution in [0, 0.1) is 11.7 Å². The van der Waals surface area contributed by atoms with Crippen molar-refractivity contribution in [1.82, 2.24) is 0 Å². The molecular weight excluding hydrogens is 274 g/mol. The number of rotatable bonds is 9. The second-order valence-electron chi connectivity index (χ2n) is 5.41. The van der Waals surface area contributed by atoms with E-state index in [1.807, 2.05) is 0 Å². The van der Waals surface area contributed by atoms with Crippen LogP contribution in [0.3, 0.4) is 0 Å². The summed E-state index contributed by atoms with van der Waals surface area (Å²) in [4.78, 5) is 0. The van der Waals surface area contributed by atoms with E-state index in [4.69, 9.17) is 4.74 Å². The number of aryl methyl sites for hydroxylation is 1. The highest BCUT2D eigenvalue weighted by Crippen LogP contribution is 2.26. The van der Waals surface area contributed by atoms with Gasteiger partial charge in [0.05, 0.1) is 0 Å². The van der Waals surface area contributed by atoms with Crippen LogP contribution < -0.4 is 0 Å².